The second kappa shape index (κ2) is 5.69. The highest BCUT2D eigenvalue weighted by Gasteiger charge is 1.84. The smallest absolute Gasteiger partial charge is 0.124 e. The highest BCUT2D eigenvalue weighted by Crippen LogP contribution is 2.05. The van der Waals surface area contributed by atoms with Crippen molar-refractivity contribution in [2.24, 2.45) is 0 Å². The molecule has 4 heteroatoms. The SMILES string of the molecule is CC#N.Nc1cccc(Br)n1. The molecule has 0 atom stereocenters. The van der Waals surface area contributed by atoms with E-state index in [1.165, 1.54) is 6.92 Å². The topological polar surface area (TPSA) is 62.7 Å². The normalized spacial score (nSPS) is 7.36. The minimum Gasteiger partial charge on any atom is -0.384 e. The summed E-state index contributed by atoms with van der Waals surface area (Å²) in [5.74, 6) is 0.541. The van der Waals surface area contributed by atoms with Gasteiger partial charge in [-0.05, 0) is 28.1 Å². The number of nitrogens with zero attached hydrogens (tertiary/aromatic N) is 2. The summed E-state index contributed by atoms with van der Waals surface area (Å²) >= 11 is 3.17. The summed E-state index contributed by atoms with van der Waals surface area (Å²) in [5.41, 5.74) is 5.32. The van der Waals surface area contributed by atoms with Crippen molar-refractivity contribution in [2.75, 3.05) is 5.73 Å². The lowest BCUT2D eigenvalue weighted by Gasteiger charge is -1.88. The molecule has 58 valence electrons. The van der Waals surface area contributed by atoms with Crippen molar-refractivity contribution >= 4 is 21.7 Å². The van der Waals surface area contributed by atoms with Crippen molar-refractivity contribution in [3.63, 3.8) is 0 Å². The lowest BCUT2D eigenvalue weighted by atomic mass is 10.5. The second-order valence-corrected chi connectivity index (χ2v) is 2.42. The van der Waals surface area contributed by atoms with Crippen molar-refractivity contribution in [1.82, 2.24) is 4.98 Å². The van der Waals surface area contributed by atoms with E-state index >= 15 is 0 Å². The number of halogens is 1. The zero-order chi connectivity index (χ0) is 8.69. The first kappa shape index (κ1) is 9.92. The molecule has 1 aromatic rings. The molecular formula is C7H8BrN3. The molecule has 0 bridgehead atoms. The Hall–Kier alpha value is -1.08. The van der Waals surface area contributed by atoms with E-state index in [9.17, 15) is 0 Å². The van der Waals surface area contributed by atoms with Crippen LogP contribution in [0, 0.1) is 11.3 Å². The van der Waals surface area contributed by atoms with Crippen molar-refractivity contribution < 1.29 is 0 Å². The summed E-state index contributed by atoms with van der Waals surface area (Å²) in [6.45, 7) is 1.43. The van der Waals surface area contributed by atoms with E-state index in [1.807, 2.05) is 12.1 Å². The molecule has 0 saturated carbocycles. The maximum Gasteiger partial charge on any atom is 0.124 e. The predicted molar refractivity (Wildman–Crippen MR) is 47.6 cm³/mol. The number of rotatable bonds is 0. The number of nitrogens with two attached hydrogens (primary N) is 1. The molecule has 0 aromatic carbocycles. The number of nitrogen functional groups attached to an aromatic ring is 1. The minimum atomic E-state index is 0.541. The van der Waals surface area contributed by atoms with Gasteiger partial charge in [0.25, 0.3) is 0 Å². The summed E-state index contributed by atoms with van der Waals surface area (Å²) in [4.78, 5) is 3.87. The van der Waals surface area contributed by atoms with Crippen molar-refractivity contribution in [2.45, 2.75) is 6.92 Å². The lowest BCUT2D eigenvalue weighted by Crippen LogP contribution is -1.87. The summed E-state index contributed by atoms with van der Waals surface area (Å²) in [6.07, 6.45) is 0. The fraction of sp³-hybridized carbons (Fsp3) is 0.143. The van der Waals surface area contributed by atoms with E-state index in [1.54, 1.807) is 12.1 Å². The highest BCUT2D eigenvalue weighted by atomic mass is 79.9. The molecule has 0 amide bonds. The molecular weight excluding hydrogens is 206 g/mol. The molecule has 1 aromatic heterocycles. The van der Waals surface area contributed by atoms with Crippen LogP contribution in [0.25, 0.3) is 0 Å². The molecule has 3 nitrogen and oxygen atoms in total. The Morgan fingerprint density at radius 1 is 1.64 bits per heavy atom. The largest absolute Gasteiger partial charge is 0.384 e. The van der Waals surface area contributed by atoms with Crippen LogP contribution < -0.4 is 5.73 Å². The average Bonchev–Trinajstić information content (AvgIpc) is 1.88. The van der Waals surface area contributed by atoms with Crippen molar-refractivity contribution in [1.29, 1.82) is 5.26 Å². The quantitative estimate of drug-likeness (QED) is 0.671. The van der Waals surface area contributed by atoms with Crippen LogP contribution in [0.4, 0.5) is 5.82 Å². The highest BCUT2D eigenvalue weighted by molar-refractivity contribution is 9.10. The Kier molecular flexibility index (Phi) is 5.13. The monoisotopic (exact) mass is 213 g/mol. The first-order chi connectivity index (χ1) is 5.20. The van der Waals surface area contributed by atoms with Gasteiger partial charge in [0.15, 0.2) is 0 Å². The van der Waals surface area contributed by atoms with E-state index in [4.69, 9.17) is 11.0 Å². The van der Waals surface area contributed by atoms with E-state index in [0.29, 0.717) is 5.82 Å². The van der Waals surface area contributed by atoms with E-state index in [-0.39, 0.29) is 0 Å². The molecule has 0 spiro atoms. The number of nitriles is 1. The first-order valence-electron chi connectivity index (χ1n) is 2.89. The third-order valence-electron chi connectivity index (χ3n) is 0.737. The molecule has 0 radical (unpaired) electrons. The van der Waals surface area contributed by atoms with Crippen LogP contribution in [-0.2, 0) is 0 Å². The summed E-state index contributed by atoms with van der Waals surface area (Å²) in [7, 11) is 0. The number of hydrogen-bond donors (Lipinski definition) is 1. The molecule has 1 rings (SSSR count). The fourth-order valence-electron chi connectivity index (χ4n) is 0.424. The lowest BCUT2D eigenvalue weighted by molar-refractivity contribution is 1.29. The van der Waals surface area contributed by atoms with Gasteiger partial charge in [-0.25, -0.2) is 4.98 Å². The summed E-state index contributed by atoms with van der Waals surface area (Å²) in [6, 6.07) is 7.16. The van der Waals surface area contributed by atoms with Crippen LogP contribution >= 0.6 is 15.9 Å². The first-order valence-corrected chi connectivity index (χ1v) is 3.69. The molecule has 0 aliphatic carbocycles. The molecule has 0 aliphatic rings. The van der Waals surface area contributed by atoms with Gasteiger partial charge in [0.2, 0.25) is 0 Å². The fourth-order valence-corrected chi connectivity index (χ4v) is 0.781. The molecule has 2 N–H and O–H groups in total. The molecule has 0 aliphatic heterocycles. The van der Waals surface area contributed by atoms with E-state index < -0.39 is 0 Å². The van der Waals surface area contributed by atoms with Crippen molar-refractivity contribution in [3.8, 4) is 6.07 Å². The number of aromatic nitrogens is 1. The standard InChI is InChI=1S/C5H5BrN2.C2H3N/c6-4-2-1-3-5(7)8-4;1-2-3/h1-3H,(H2,7,8);1H3. The minimum absolute atomic E-state index is 0.541. The molecule has 0 unspecified atom stereocenters. The van der Waals surface area contributed by atoms with E-state index in [0.717, 1.165) is 4.60 Å². The van der Waals surface area contributed by atoms with Gasteiger partial charge < -0.3 is 5.73 Å². The average molecular weight is 214 g/mol. The van der Waals surface area contributed by atoms with Crippen LogP contribution in [0.1, 0.15) is 6.92 Å². The van der Waals surface area contributed by atoms with E-state index in [2.05, 4.69) is 20.9 Å². The van der Waals surface area contributed by atoms with Crippen LogP contribution in [0.5, 0.6) is 0 Å². The molecule has 1 heterocycles. The van der Waals surface area contributed by atoms with Crippen molar-refractivity contribution in [3.05, 3.63) is 22.8 Å². The third kappa shape index (κ3) is 5.37. The molecule has 0 fully saturated rings. The number of hydrogen-bond acceptors (Lipinski definition) is 3. The predicted octanol–water partition coefficient (Wildman–Crippen LogP) is 1.96. The van der Waals surface area contributed by atoms with Gasteiger partial charge in [-0.3, -0.25) is 0 Å². The Morgan fingerprint density at radius 2 is 2.18 bits per heavy atom. The third-order valence-corrected chi connectivity index (χ3v) is 1.18. The summed E-state index contributed by atoms with van der Waals surface area (Å²) in [5, 5.41) is 7.32. The second-order valence-electron chi connectivity index (χ2n) is 1.61. The Balaban J connectivity index is 0.000000292. The number of pyridine rings is 1. The van der Waals surface area contributed by atoms with Crippen LogP contribution in [0.2, 0.25) is 0 Å². The van der Waals surface area contributed by atoms with Crippen LogP contribution in [-0.4, -0.2) is 4.98 Å². The van der Waals surface area contributed by atoms with Gasteiger partial charge in [-0.15, -0.1) is 0 Å². The number of anilines is 1. The Bertz CT molecular complexity index is 237. The zero-order valence-corrected chi connectivity index (χ0v) is 7.67. The van der Waals surface area contributed by atoms with Crippen LogP contribution in [0.15, 0.2) is 22.8 Å². The molecule has 0 saturated heterocycles. The van der Waals surface area contributed by atoms with Gasteiger partial charge in [0.05, 0.1) is 6.07 Å². The molecule has 11 heavy (non-hydrogen) atoms. The summed E-state index contributed by atoms with van der Waals surface area (Å²) < 4.78 is 0.775. The van der Waals surface area contributed by atoms with Gasteiger partial charge in [0.1, 0.15) is 10.4 Å². The Labute approximate surface area is 74.0 Å². The van der Waals surface area contributed by atoms with Crippen LogP contribution in [0.3, 0.4) is 0 Å². The Morgan fingerprint density at radius 3 is 2.45 bits per heavy atom. The van der Waals surface area contributed by atoms with Gasteiger partial charge >= 0.3 is 0 Å². The van der Waals surface area contributed by atoms with Gasteiger partial charge in [-0.1, -0.05) is 6.07 Å². The maximum absolute atomic E-state index is 7.32. The van der Waals surface area contributed by atoms with Gasteiger partial charge in [-0.2, -0.15) is 5.26 Å². The van der Waals surface area contributed by atoms with Gasteiger partial charge in [0, 0.05) is 6.92 Å². The zero-order valence-electron chi connectivity index (χ0n) is 6.08. The maximum atomic E-state index is 7.32.